The van der Waals surface area contributed by atoms with Gasteiger partial charge in [-0.1, -0.05) is 72.9 Å². The number of nitrogens with one attached hydrogen (secondary N) is 1. The van der Waals surface area contributed by atoms with E-state index in [-0.39, 0.29) is 11.9 Å². The molecule has 2 unspecified atom stereocenters. The van der Waals surface area contributed by atoms with Crippen LogP contribution in [-0.4, -0.2) is 19.0 Å². The van der Waals surface area contributed by atoms with Crippen LogP contribution in [0, 0.1) is 5.92 Å². The van der Waals surface area contributed by atoms with Crippen LogP contribution in [0.3, 0.4) is 0 Å². The van der Waals surface area contributed by atoms with Crippen LogP contribution in [0.25, 0.3) is 0 Å². The standard InChI is InChI=1S/C25H23Cl3N2O.C2H6/c26-19-7-10-21(11-8-19)30-16-17(15-29-25(31)18-4-2-1-3-5-18)6-13-24(30)22-12-9-20(27)14-23(22)28;1-2/h1-5,7-12,14,17,24H,6,13,15-16H2,(H,29,31);1-2H3. The van der Waals surface area contributed by atoms with E-state index in [0.717, 1.165) is 30.6 Å². The second-order valence-corrected chi connectivity index (χ2v) is 9.11. The molecule has 3 aromatic rings. The molecule has 0 bridgehead atoms. The summed E-state index contributed by atoms with van der Waals surface area (Å²) in [6.07, 6.45) is 1.92. The maximum absolute atomic E-state index is 12.5. The fourth-order valence-electron chi connectivity index (χ4n) is 4.15. The molecule has 0 spiro atoms. The molecule has 0 saturated carbocycles. The smallest absolute Gasteiger partial charge is 0.251 e. The molecule has 174 valence electrons. The third kappa shape index (κ3) is 6.66. The molecule has 6 heteroatoms. The minimum Gasteiger partial charge on any atom is -0.364 e. The molecule has 0 aromatic heterocycles. The van der Waals surface area contributed by atoms with Gasteiger partial charge in [0.2, 0.25) is 0 Å². The van der Waals surface area contributed by atoms with Crippen LogP contribution in [-0.2, 0) is 0 Å². The summed E-state index contributed by atoms with van der Waals surface area (Å²) >= 11 is 18.8. The van der Waals surface area contributed by atoms with Gasteiger partial charge in [0.15, 0.2) is 0 Å². The highest BCUT2D eigenvalue weighted by atomic mass is 35.5. The van der Waals surface area contributed by atoms with E-state index >= 15 is 0 Å². The van der Waals surface area contributed by atoms with Crippen LogP contribution >= 0.6 is 34.8 Å². The van der Waals surface area contributed by atoms with Gasteiger partial charge in [-0.25, -0.2) is 0 Å². The zero-order valence-corrected chi connectivity index (χ0v) is 21.2. The summed E-state index contributed by atoms with van der Waals surface area (Å²) in [6, 6.07) is 23.0. The van der Waals surface area contributed by atoms with Gasteiger partial charge in [0.05, 0.1) is 6.04 Å². The Labute approximate surface area is 211 Å². The first-order valence-corrected chi connectivity index (χ1v) is 12.4. The number of rotatable bonds is 5. The molecule has 1 fully saturated rings. The molecule has 1 aliphatic rings. The van der Waals surface area contributed by atoms with Crippen LogP contribution in [0.4, 0.5) is 5.69 Å². The van der Waals surface area contributed by atoms with Crippen molar-refractivity contribution in [3.63, 3.8) is 0 Å². The number of halogens is 3. The van der Waals surface area contributed by atoms with Gasteiger partial charge in [-0.05, 0) is 72.9 Å². The number of carbonyl (C=O) groups excluding carboxylic acids is 1. The summed E-state index contributed by atoms with van der Waals surface area (Å²) < 4.78 is 0. The van der Waals surface area contributed by atoms with Crippen molar-refractivity contribution < 1.29 is 4.79 Å². The van der Waals surface area contributed by atoms with Crippen molar-refractivity contribution in [2.45, 2.75) is 32.7 Å². The Morgan fingerprint density at radius 1 is 0.909 bits per heavy atom. The molecule has 2 atom stereocenters. The van der Waals surface area contributed by atoms with Crippen molar-refractivity contribution in [2.75, 3.05) is 18.0 Å². The maximum Gasteiger partial charge on any atom is 0.251 e. The Bertz CT molecular complexity index is 1040. The molecule has 3 nitrogen and oxygen atoms in total. The molecular weight excluding hydrogens is 475 g/mol. The van der Waals surface area contributed by atoms with Crippen LogP contribution in [0.5, 0.6) is 0 Å². The van der Waals surface area contributed by atoms with Gasteiger partial charge < -0.3 is 10.2 Å². The van der Waals surface area contributed by atoms with Crippen molar-refractivity contribution in [3.05, 3.63) is 99.0 Å². The SMILES string of the molecule is CC.O=C(NCC1CCC(c2ccc(Cl)cc2Cl)N(c2ccc(Cl)cc2)C1)c1ccccc1. The molecule has 1 saturated heterocycles. The number of nitrogens with zero attached hydrogens (tertiary/aromatic N) is 1. The summed E-state index contributed by atoms with van der Waals surface area (Å²) in [5.41, 5.74) is 2.82. The van der Waals surface area contributed by atoms with Gasteiger partial charge in [0.25, 0.3) is 5.91 Å². The lowest BCUT2D eigenvalue weighted by Crippen LogP contribution is -2.42. The van der Waals surface area contributed by atoms with Crippen molar-refractivity contribution in [3.8, 4) is 0 Å². The second-order valence-electron chi connectivity index (χ2n) is 7.83. The van der Waals surface area contributed by atoms with Crippen molar-refractivity contribution in [1.29, 1.82) is 0 Å². The number of hydrogen-bond donors (Lipinski definition) is 1. The van der Waals surface area contributed by atoms with Crippen molar-refractivity contribution in [2.24, 2.45) is 5.92 Å². The lowest BCUT2D eigenvalue weighted by molar-refractivity contribution is 0.0945. The summed E-state index contributed by atoms with van der Waals surface area (Å²) in [5, 5.41) is 5.10. The maximum atomic E-state index is 12.5. The molecule has 3 aromatic carbocycles. The molecule has 1 heterocycles. The van der Waals surface area contributed by atoms with Gasteiger partial charge in [0, 0.05) is 39.4 Å². The zero-order valence-electron chi connectivity index (χ0n) is 18.9. The fourth-order valence-corrected chi connectivity index (χ4v) is 4.81. The van der Waals surface area contributed by atoms with E-state index in [1.165, 1.54) is 0 Å². The van der Waals surface area contributed by atoms with Crippen LogP contribution in [0.1, 0.15) is 48.7 Å². The summed E-state index contributed by atoms with van der Waals surface area (Å²) in [7, 11) is 0. The Kier molecular flexibility index (Phi) is 9.49. The predicted octanol–water partition coefficient (Wildman–Crippen LogP) is 8.06. The number of carbonyl (C=O) groups is 1. The molecule has 1 N–H and O–H groups in total. The van der Waals surface area contributed by atoms with Crippen LogP contribution < -0.4 is 10.2 Å². The number of anilines is 1. The quantitative estimate of drug-likeness (QED) is 0.382. The molecule has 0 radical (unpaired) electrons. The lowest BCUT2D eigenvalue weighted by atomic mass is 9.88. The van der Waals surface area contributed by atoms with E-state index < -0.39 is 0 Å². The van der Waals surface area contributed by atoms with Gasteiger partial charge in [-0.15, -0.1) is 0 Å². The molecular formula is C27H29Cl3N2O. The highest BCUT2D eigenvalue weighted by Crippen LogP contribution is 2.40. The Morgan fingerprint density at radius 3 is 2.24 bits per heavy atom. The van der Waals surface area contributed by atoms with E-state index in [0.29, 0.717) is 33.1 Å². The summed E-state index contributed by atoms with van der Waals surface area (Å²) in [4.78, 5) is 14.8. The minimum absolute atomic E-state index is 0.0403. The monoisotopic (exact) mass is 502 g/mol. The van der Waals surface area contributed by atoms with E-state index in [4.69, 9.17) is 34.8 Å². The van der Waals surface area contributed by atoms with Crippen molar-refractivity contribution >= 4 is 46.4 Å². The predicted molar refractivity (Wildman–Crippen MR) is 141 cm³/mol. The number of hydrogen-bond acceptors (Lipinski definition) is 2. The van der Waals surface area contributed by atoms with E-state index in [1.54, 1.807) is 6.07 Å². The zero-order chi connectivity index (χ0) is 23.8. The number of amides is 1. The first-order valence-electron chi connectivity index (χ1n) is 11.3. The van der Waals surface area contributed by atoms with E-state index in [2.05, 4.69) is 10.2 Å². The summed E-state index contributed by atoms with van der Waals surface area (Å²) in [5.74, 6) is 0.284. The Balaban J connectivity index is 0.00000149. The molecule has 1 amide bonds. The van der Waals surface area contributed by atoms with Gasteiger partial charge in [-0.2, -0.15) is 0 Å². The van der Waals surface area contributed by atoms with Gasteiger partial charge >= 0.3 is 0 Å². The highest BCUT2D eigenvalue weighted by molar-refractivity contribution is 6.35. The van der Waals surface area contributed by atoms with E-state index in [1.807, 2.05) is 80.6 Å². The molecule has 0 aliphatic carbocycles. The third-order valence-corrected chi connectivity index (χ3v) is 6.56. The van der Waals surface area contributed by atoms with Crippen molar-refractivity contribution in [1.82, 2.24) is 5.32 Å². The lowest BCUT2D eigenvalue weighted by Gasteiger charge is -2.42. The normalized spacial score (nSPS) is 17.7. The second kappa shape index (κ2) is 12.3. The average molecular weight is 504 g/mol. The molecule has 33 heavy (non-hydrogen) atoms. The van der Waals surface area contributed by atoms with Crippen LogP contribution in [0.2, 0.25) is 15.1 Å². The first-order chi connectivity index (χ1) is 16.0. The highest BCUT2D eigenvalue weighted by Gasteiger charge is 2.31. The van der Waals surface area contributed by atoms with Gasteiger partial charge in [0.1, 0.15) is 0 Å². The molecule has 1 aliphatic heterocycles. The van der Waals surface area contributed by atoms with Crippen LogP contribution in [0.15, 0.2) is 72.8 Å². The third-order valence-electron chi connectivity index (χ3n) is 5.75. The van der Waals surface area contributed by atoms with E-state index in [9.17, 15) is 4.79 Å². The number of benzene rings is 3. The fraction of sp³-hybridized carbons (Fsp3) is 0.296. The first kappa shape index (κ1) is 25.4. The minimum atomic E-state index is -0.0403. The molecule has 4 rings (SSSR count). The topological polar surface area (TPSA) is 32.3 Å². The summed E-state index contributed by atoms with van der Waals surface area (Å²) in [6.45, 7) is 5.43. The average Bonchev–Trinajstić information content (AvgIpc) is 2.85. The Morgan fingerprint density at radius 2 is 1.58 bits per heavy atom. The largest absolute Gasteiger partial charge is 0.364 e. The Hall–Kier alpha value is -2.20. The number of piperidine rings is 1. The van der Waals surface area contributed by atoms with Gasteiger partial charge in [-0.3, -0.25) is 4.79 Å².